The summed E-state index contributed by atoms with van der Waals surface area (Å²) in [6.07, 6.45) is 0. The number of amides is 2. The molecule has 0 radical (unpaired) electrons. The highest BCUT2D eigenvalue weighted by Crippen LogP contribution is 2.34. The number of nitrogens with one attached hydrogen (secondary N) is 1. The standard InChI is InChI=1S/C19H17BrN2O5/c1-11-7-12(19(25)26-2)3-5-14(11)21-17(23)9-22-15-6-4-13(20)8-16(15)27-10-18(22)24/h3-8H,9-10H2,1-2H3,(H,21,23). The first kappa shape index (κ1) is 18.9. The Balaban J connectivity index is 1.75. The number of esters is 1. The van der Waals surface area contributed by atoms with Gasteiger partial charge in [0.15, 0.2) is 6.61 Å². The molecule has 2 aromatic carbocycles. The van der Waals surface area contributed by atoms with Gasteiger partial charge < -0.3 is 14.8 Å². The van der Waals surface area contributed by atoms with E-state index in [-0.39, 0.29) is 25.0 Å². The lowest BCUT2D eigenvalue weighted by Crippen LogP contribution is -2.43. The molecule has 0 saturated heterocycles. The highest BCUT2D eigenvalue weighted by atomic mass is 79.9. The second kappa shape index (κ2) is 7.79. The van der Waals surface area contributed by atoms with Crippen molar-refractivity contribution < 1.29 is 23.9 Å². The Morgan fingerprint density at radius 1 is 1.26 bits per heavy atom. The lowest BCUT2D eigenvalue weighted by atomic mass is 10.1. The minimum absolute atomic E-state index is 0.121. The highest BCUT2D eigenvalue weighted by Gasteiger charge is 2.27. The van der Waals surface area contributed by atoms with Crippen molar-refractivity contribution in [3.63, 3.8) is 0 Å². The maximum absolute atomic E-state index is 12.5. The summed E-state index contributed by atoms with van der Waals surface area (Å²) in [6, 6.07) is 10.1. The number of hydrogen-bond acceptors (Lipinski definition) is 5. The summed E-state index contributed by atoms with van der Waals surface area (Å²) in [4.78, 5) is 37.6. The summed E-state index contributed by atoms with van der Waals surface area (Å²) < 4.78 is 10.9. The van der Waals surface area contributed by atoms with Crippen LogP contribution in [-0.2, 0) is 14.3 Å². The zero-order chi connectivity index (χ0) is 19.6. The number of halogens is 1. The quantitative estimate of drug-likeness (QED) is 0.750. The molecule has 3 rings (SSSR count). The lowest BCUT2D eigenvalue weighted by Gasteiger charge is -2.29. The zero-order valence-electron chi connectivity index (χ0n) is 14.7. The average molecular weight is 433 g/mol. The molecule has 0 fully saturated rings. The largest absolute Gasteiger partial charge is 0.482 e. The minimum Gasteiger partial charge on any atom is -0.482 e. The van der Waals surface area contributed by atoms with E-state index in [1.54, 1.807) is 43.3 Å². The molecule has 0 saturated carbocycles. The number of anilines is 2. The molecular weight excluding hydrogens is 416 g/mol. The van der Waals surface area contributed by atoms with Crippen LogP contribution in [0.15, 0.2) is 40.9 Å². The number of nitrogens with zero attached hydrogens (tertiary/aromatic N) is 1. The molecule has 8 heteroatoms. The van der Waals surface area contributed by atoms with Crippen molar-refractivity contribution in [1.82, 2.24) is 0 Å². The van der Waals surface area contributed by atoms with Crippen LogP contribution < -0.4 is 15.0 Å². The topological polar surface area (TPSA) is 84.9 Å². The van der Waals surface area contributed by atoms with Crippen LogP contribution in [0.5, 0.6) is 5.75 Å². The first-order valence-electron chi connectivity index (χ1n) is 8.10. The van der Waals surface area contributed by atoms with Gasteiger partial charge in [0.05, 0.1) is 18.4 Å². The Bertz CT molecular complexity index is 928. The third kappa shape index (κ3) is 4.11. The molecule has 2 amide bonds. The van der Waals surface area contributed by atoms with Gasteiger partial charge >= 0.3 is 5.97 Å². The van der Waals surface area contributed by atoms with Crippen molar-refractivity contribution in [2.24, 2.45) is 0 Å². The molecular formula is C19H17BrN2O5. The average Bonchev–Trinajstić information content (AvgIpc) is 2.65. The second-order valence-electron chi connectivity index (χ2n) is 5.95. The second-order valence-corrected chi connectivity index (χ2v) is 6.87. The molecule has 140 valence electrons. The summed E-state index contributed by atoms with van der Waals surface area (Å²) in [5.41, 5.74) is 2.21. The van der Waals surface area contributed by atoms with E-state index in [0.29, 0.717) is 28.3 Å². The molecule has 0 spiro atoms. The molecule has 0 aliphatic carbocycles. The van der Waals surface area contributed by atoms with E-state index in [1.165, 1.54) is 12.0 Å². The third-order valence-corrected chi connectivity index (χ3v) is 4.58. The summed E-state index contributed by atoms with van der Waals surface area (Å²) in [5.74, 6) is -0.557. The molecule has 1 N–H and O–H groups in total. The summed E-state index contributed by atoms with van der Waals surface area (Å²) in [5, 5.41) is 2.77. The molecule has 0 bridgehead atoms. The van der Waals surface area contributed by atoms with Crippen molar-refractivity contribution >= 4 is 45.1 Å². The van der Waals surface area contributed by atoms with Gasteiger partial charge in [0.2, 0.25) is 5.91 Å². The van der Waals surface area contributed by atoms with Crippen molar-refractivity contribution in [1.29, 1.82) is 0 Å². The fraction of sp³-hybridized carbons (Fsp3) is 0.211. The summed E-state index contributed by atoms with van der Waals surface area (Å²) >= 11 is 3.35. The first-order valence-corrected chi connectivity index (χ1v) is 8.90. The maximum atomic E-state index is 12.5. The van der Waals surface area contributed by atoms with Crippen molar-refractivity contribution in [3.05, 3.63) is 52.0 Å². The Labute approximate surface area is 164 Å². The smallest absolute Gasteiger partial charge is 0.337 e. The Morgan fingerprint density at radius 2 is 2.04 bits per heavy atom. The zero-order valence-corrected chi connectivity index (χ0v) is 16.3. The molecule has 7 nitrogen and oxygen atoms in total. The van der Waals surface area contributed by atoms with E-state index < -0.39 is 5.97 Å². The van der Waals surface area contributed by atoms with Crippen molar-refractivity contribution in [2.75, 3.05) is 30.5 Å². The monoisotopic (exact) mass is 432 g/mol. The van der Waals surface area contributed by atoms with Gasteiger partial charge in [-0.1, -0.05) is 15.9 Å². The minimum atomic E-state index is -0.447. The molecule has 2 aromatic rings. The summed E-state index contributed by atoms with van der Waals surface area (Å²) in [7, 11) is 1.31. The number of ether oxygens (including phenoxy) is 2. The first-order chi connectivity index (χ1) is 12.9. The molecule has 0 atom stereocenters. The number of aryl methyl sites for hydroxylation is 1. The number of carbonyl (C=O) groups is 3. The number of methoxy groups -OCH3 is 1. The third-order valence-electron chi connectivity index (χ3n) is 4.09. The van der Waals surface area contributed by atoms with E-state index in [4.69, 9.17) is 4.74 Å². The van der Waals surface area contributed by atoms with Gasteiger partial charge in [-0.15, -0.1) is 0 Å². The molecule has 0 unspecified atom stereocenters. The van der Waals surface area contributed by atoms with E-state index in [2.05, 4.69) is 26.0 Å². The van der Waals surface area contributed by atoms with Gasteiger partial charge in [-0.3, -0.25) is 14.5 Å². The van der Waals surface area contributed by atoms with Crippen LogP contribution in [0.4, 0.5) is 11.4 Å². The van der Waals surface area contributed by atoms with Crippen LogP contribution in [0.25, 0.3) is 0 Å². The fourth-order valence-electron chi connectivity index (χ4n) is 2.73. The van der Waals surface area contributed by atoms with Crippen LogP contribution in [0.1, 0.15) is 15.9 Å². The van der Waals surface area contributed by atoms with Crippen LogP contribution >= 0.6 is 15.9 Å². The molecule has 0 aromatic heterocycles. The van der Waals surface area contributed by atoms with Gasteiger partial charge in [-0.05, 0) is 48.9 Å². The van der Waals surface area contributed by atoms with E-state index in [1.807, 2.05) is 0 Å². The SMILES string of the molecule is COC(=O)c1ccc(NC(=O)CN2C(=O)COc3cc(Br)ccc32)c(C)c1. The number of benzene rings is 2. The Morgan fingerprint density at radius 3 is 2.74 bits per heavy atom. The molecule has 1 aliphatic heterocycles. The Kier molecular flexibility index (Phi) is 5.46. The Hall–Kier alpha value is -2.87. The number of fused-ring (bicyclic) bond motifs is 1. The number of carbonyl (C=O) groups excluding carboxylic acids is 3. The molecule has 27 heavy (non-hydrogen) atoms. The molecule has 1 aliphatic rings. The van der Waals surface area contributed by atoms with Gasteiger partial charge in [-0.2, -0.15) is 0 Å². The fourth-order valence-corrected chi connectivity index (χ4v) is 3.07. The van der Waals surface area contributed by atoms with E-state index in [9.17, 15) is 14.4 Å². The predicted octanol–water partition coefficient (Wildman–Crippen LogP) is 2.91. The van der Waals surface area contributed by atoms with Crippen LogP contribution in [0.2, 0.25) is 0 Å². The highest BCUT2D eigenvalue weighted by molar-refractivity contribution is 9.10. The van der Waals surface area contributed by atoms with Crippen LogP contribution in [0.3, 0.4) is 0 Å². The summed E-state index contributed by atoms with van der Waals surface area (Å²) in [6.45, 7) is 1.51. The normalized spacial score (nSPS) is 12.9. The number of hydrogen-bond donors (Lipinski definition) is 1. The van der Waals surface area contributed by atoms with Gasteiger partial charge in [0, 0.05) is 10.2 Å². The molecule has 1 heterocycles. The van der Waals surface area contributed by atoms with Crippen LogP contribution in [-0.4, -0.2) is 38.0 Å². The maximum Gasteiger partial charge on any atom is 0.337 e. The van der Waals surface area contributed by atoms with Crippen molar-refractivity contribution in [2.45, 2.75) is 6.92 Å². The van der Waals surface area contributed by atoms with Gasteiger partial charge in [0.1, 0.15) is 12.3 Å². The predicted molar refractivity (Wildman–Crippen MR) is 103 cm³/mol. The van der Waals surface area contributed by atoms with Gasteiger partial charge in [-0.25, -0.2) is 4.79 Å². The van der Waals surface area contributed by atoms with Crippen LogP contribution in [0, 0.1) is 6.92 Å². The number of rotatable bonds is 4. The lowest BCUT2D eigenvalue weighted by molar-refractivity contribution is -0.123. The van der Waals surface area contributed by atoms with E-state index in [0.717, 1.165) is 4.47 Å². The van der Waals surface area contributed by atoms with Gasteiger partial charge in [0.25, 0.3) is 5.91 Å². The van der Waals surface area contributed by atoms with E-state index >= 15 is 0 Å². The van der Waals surface area contributed by atoms with Crippen molar-refractivity contribution in [3.8, 4) is 5.75 Å².